The number of aromatic nitrogens is 2. The molecule has 0 bridgehead atoms. The largest absolute Gasteiger partial charge is 0.418 e. The van der Waals surface area contributed by atoms with Gasteiger partial charge in [0.25, 0.3) is 0 Å². The number of aliphatic hydroxyl groups is 1. The minimum Gasteiger partial charge on any atom is -0.396 e. The monoisotopic (exact) mass is 474 g/mol. The molecule has 2 unspecified atom stereocenters. The van der Waals surface area contributed by atoms with Crippen LogP contribution < -0.4 is 5.32 Å². The molecule has 0 saturated carbocycles. The fourth-order valence-electron chi connectivity index (χ4n) is 4.59. The standard InChI is InChI=1S/C24H25F3N4OS/c1-15-14-17(16(2)31(15)20-10-4-3-8-18(20)24(25,26)27)22-21(19-9-5-6-11-28-19)29-23(33)30(22)12-7-13-32/h3-6,8-11,14,21-22,32H,7,12-13H2,1-2H3,(H,29,33). The van der Waals surface area contributed by atoms with Crippen LogP contribution in [0.2, 0.25) is 0 Å². The molecule has 1 fully saturated rings. The van der Waals surface area contributed by atoms with Gasteiger partial charge in [0.05, 0.1) is 29.0 Å². The number of benzene rings is 1. The smallest absolute Gasteiger partial charge is 0.396 e. The van der Waals surface area contributed by atoms with Crippen molar-refractivity contribution in [3.8, 4) is 5.69 Å². The molecule has 1 saturated heterocycles. The maximum Gasteiger partial charge on any atom is 0.418 e. The Balaban J connectivity index is 1.86. The zero-order chi connectivity index (χ0) is 23.8. The van der Waals surface area contributed by atoms with Crippen LogP contribution in [0.4, 0.5) is 13.2 Å². The molecule has 3 heterocycles. The van der Waals surface area contributed by atoms with Crippen molar-refractivity contribution in [1.29, 1.82) is 0 Å². The summed E-state index contributed by atoms with van der Waals surface area (Å²) in [6.45, 7) is 4.16. The second-order valence-electron chi connectivity index (χ2n) is 8.07. The molecule has 2 aromatic heterocycles. The van der Waals surface area contributed by atoms with Crippen molar-refractivity contribution in [2.45, 2.75) is 38.5 Å². The molecule has 0 spiro atoms. The maximum atomic E-state index is 13.8. The molecule has 0 radical (unpaired) electrons. The number of para-hydroxylation sites is 1. The van der Waals surface area contributed by atoms with Gasteiger partial charge in [0, 0.05) is 30.7 Å². The highest BCUT2D eigenvalue weighted by Crippen LogP contribution is 2.42. The molecule has 9 heteroatoms. The molecule has 1 aliphatic heterocycles. The Morgan fingerprint density at radius 1 is 1.12 bits per heavy atom. The van der Waals surface area contributed by atoms with Gasteiger partial charge in [-0.2, -0.15) is 13.2 Å². The highest BCUT2D eigenvalue weighted by Gasteiger charge is 2.41. The number of nitrogens with zero attached hydrogens (tertiary/aromatic N) is 3. The molecule has 1 aliphatic rings. The number of hydrogen-bond acceptors (Lipinski definition) is 3. The summed E-state index contributed by atoms with van der Waals surface area (Å²) in [5.74, 6) is 0. The lowest BCUT2D eigenvalue weighted by molar-refractivity contribution is -0.137. The fraction of sp³-hybridized carbons (Fsp3) is 0.333. The molecule has 3 aromatic rings. The van der Waals surface area contributed by atoms with E-state index in [1.165, 1.54) is 12.1 Å². The third-order valence-electron chi connectivity index (χ3n) is 5.99. The average molecular weight is 475 g/mol. The van der Waals surface area contributed by atoms with Crippen molar-refractivity contribution < 1.29 is 18.3 Å². The van der Waals surface area contributed by atoms with Crippen LogP contribution in [-0.4, -0.2) is 37.8 Å². The Morgan fingerprint density at radius 2 is 1.85 bits per heavy atom. The number of alkyl halides is 3. The minimum atomic E-state index is -4.47. The molecule has 174 valence electrons. The number of hydrogen-bond donors (Lipinski definition) is 2. The molecular weight excluding hydrogens is 449 g/mol. The molecule has 33 heavy (non-hydrogen) atoms. The molecule has 0 amide bonds. The summed E-state index contributed by atoms with van der Waals surface area (Å²) in [6.07, 6.45) is -2.25. The fourth-order valence-corrected chi connectivity index (χ4v) is 4.92. The predicted octanol–water partition coefficient (Wildman–Crippen LogP) is 4.86. The van der Waals surface area contributed by atoms with Crippen molar-refractivity contribution in [3.63, 3.8) is 0 Å². The van der Waals surface area contributed by atoms with Crippen molar-refractivity contribution in [2.75, 3.05) is 13.2 Å². The average Bonchev–Trinajstić information content (AvgIpc) is 3.27. The van der Waals surface area contributed by atoms with E-state index in [4.69, 9.17) is 12.2 Å². The topological polar surface area (TPSA) is 53.3 Å². The van der Waals surface area contributed by atoms with E-state index in [1.54, 1.807) is 23.8 Å². The summed E-state index contributed by atoms with van der Waals surface area (Å²) in [5.41, 5.74) is 2.46. The van der Waals surface area contributed by atoms with Crippen LogP contribution in [0, 0.1) is 13.8 Å². The normalized spacial score (nSPS) is 18.6. The van der Waals surface area contributed by atoms with Gasteiger partial charge in [0.1, 0.15) is 0 Å². The van der Waals surface area contributed by atoms with Crippen LogP contribution in [0.25, 0.3) is 5.69 Å². The Kier molecular flexibility index (Phi) is 6.45. The van der Waals surface area contributed by atoms with Gasteiger partial charge in [0.2, 0.25) is 0 Å². The van der Waals surface area contributed by atoms with E-state index < -0.39 is 11.7 Å². The number of pyridine rings is 1. The summed E-state index contributed by atoms with van der Waals surface area (Å²) >= 11 is 5.60. The lowest BCUT2D eigenvalue weighted by atomic mass is 9.96. The molecule has 5 nitrogen and oxygen atoms in total. The van der Waals surface area contributed by atoms with Crippen LogP contribution in [0.1, 0.15) is 46.7 Å². The highest BCUT2D eigenvalue weighted by molar-refractivity contribution is 7.80. The first-order valence-electron chi connectivity index (χ1n) is 10.7. The van der Waals surface area contributed by atoms with Crippen molar-refractivity contribution in [2.24, 2.45) is 0 Å². The number of nitrogens with one attached hydrogen (secondary N) is 1. The third kappa shape index (κ3) is 4.35. The van der Waals surface area contributed by atoms with E-state index >= 15 is 0 Å². The number of aliphatic hydroxyl groups excluding tert-OH is 1. The number of aryl methyl sites for hydroxylation is 1. The van der Waals surface area contributed by atoms with Gasteiger partial charge in [-0.3, -0.25) is 4.98 Å². The Labute approximate surface area is 195 Å². The first-order chi connectivity index (χ1) is 15.7. The van der Waals surface area contributed by atoms with Crippen molar-refractivity contribution in [3.05, 3.63) is 82.9 Å². The number of halogens is 3. The molecule has 1 aromatic carbocycles. The predicted molar refractivity (Wildman–Crippen MR) is 124 cm³/mol. The second-order valence-corrected chi connectivity index (χ2v) is 8.46. The first-order valence-corrected chi connectivity index (χ1v) is 11.1. The van der Waals surface area contributed by atoms with E-state index in [-0.39, 0.29) is 24.4 Å². The van der Waals surface area contributed by atoms with Crippen molar-refractivity contribution in [1.82, 2.24) is 19.8 Å². The maximum absolute atomic E-state index is 13.8. The lowest BCUT2D eigenvalue weighted by Gasteiger charge is -2.28. The third-order valence-corrected chi connectivity index (χ3v) is 6.35. The molecule has 4 rings (SSSR count). The van der Waals surface area contributed by atoms with Crippen LogP contribution in [0.15, 0.2) is 54.7 Å². The van der Waals surface area contributed by atoms with Gasteiger partial charge in [-0.05, 0) is 68.4 Å². The van der Waals surface area contributed by atoms with Gasteiger partial charge in [0.15, 0.2) is 5.11 Å². The van der Waals surface area contributed by atoms with Gasteiger partial charge < -0.3 is 19.9 Å². The zero-order valence-corrected chi connectivity index (χ0v) is 19.1. The Hall–Kier alpha value is -2.91. The summed E-state index contributed by atoms with van der Waals surface area (Å²) in [7, 11) is 0. The summed E-state index contributed by atoms with van der Waals surface area (Å²) in [4.78, 5) is 6.49. The van der Waals surface area contributed by atoms with Crippen molar-refractivity contribution >= 4 is 17.3 Å². The highest BCUT2D eigenvalue weighted by atomic mass is 32.1. The van der Waals surface area contributed by atoms with Crippen LogP contribution in [0.3, 0.4) is 0 Å². The van der Waals surface area contributed by atoms with Gasteiger partial charge >= 0.3 is 6.18 Å². The first kappa shape index (κ1) is 23.3. The van der Waals surface area contributed by atoms with Gasteiger partial charge in [-0.15, -0.1) is 0 Å². The molecular formula is C24H25F3N4OS. The SMILES string of the molecule is Cc1cc(C2C(c3ccccn3)NC(=S)N2CCCO)c(C)n1-c1ccccc1C(F)(F)F. The van der Waals surface area contributed by atoms with Crippen LogP contribution in [0.5, 0.6) is 0 Å². The van der Waals surface area contributed by atoms with E-state index in [9.17, 15) is 18.3 Å². The van der Waals surface area contributed by atoms with Crippen LogP contribution >= 0.6 is 12.2 Å². The zero-order valence-electron chi connectivity index (χ0n) is 18.3. The van der Waals surface area contributed by atoms with Gasteiger partial charge in [-0.25, -0.2) is 0 Å². The molecule has 2 N–H and O–H groups in total. The van der Waals surface area contributed by atoms with E-state index in [0.29, 0.717) is 29.5 Å². The minimum absolute atomic E-state index is 0.0120. The van der Waals surface area contributed by atoms with E-state index in [2.05, 4.69) is 10.3 Å². The van der Waals surface area contributed by atoms with E-state index in [0.717, 1.165) is 17.3 Å². The number of thiocarbonyl (C=S) groups is 1. The number of rotatable bonds is 6. The quantitative estimate of drug-likeness (QED) is 0.500. The molecule has 2 atom stereocenters. The lowest BCUT2D eigenvalue weighted by Crippen LogP contribution is -2.31. The Morgan fingerprint density at radius 3 is 2.52 bits per heavy atom. The summed E-state index contributed by atoms with van der Waals surface area (Å²) < 4.78 is 42.9. The second kappa shape index (κ2) is 9.15. The molecule has 0 aliphatic carbocycles. The van der Waals surface area contributed by atoms with E-state index in [1.807, 2.05) is 36.1 Å². The Bertz CT molecular complexity index is 1150. The van der Waals surface area contributed by atoms with Crippen LogP contribution in [-0.2, 0) is 6.18 Å². The summed E-state index contributed by atoms with van der Waals surface area (Å²) in [5, 5.41) is 13.3. The summed E-state index contributed by atoms with van der Waals surface area (Å²) in [6, 6.07) is 12.6. The van der Waals surface area contributed by atoms with Gasteiger partial charge in [-0.1, -0.05) is 18.2 Å².